The molecule has 0 saturated heterocycles. The van der Waals surface area contributed by atoms with Crippen LogP contribution in [0.5, 0.6) is 0 Å². The van der Waals surface area contributed by atoms with Crippen LogP contribution in [0.3, 0.4) is 0 Å². The van der Waals surface area contributed by atoms with Crippen LogP contribution in [0.15, 0.2) is 22.2 Å². The summed E-state index contributed by atoms with van der Waals surface area (Å²) in [6.07, 6.45) is 6.76. The molecule has 0 amide bonds. The summed E-state index contributed by atoms with van der Waals surface area (Å²) in [6.45, 7) is 0.342. The van der Waals surface area contributed by atoms with Crippen molar-refractivity contribution in [1.82, 2.24) is 9.97 Å². The number of aromatic nitrogens is 2. The second-order valence-electron chi connectivity index (χ2n) is 6.75. The van der Waals surface area contributed by atoms with Gasteiger partial charge in [0.25, 0.3) is 0 Å². The molecule has 0 bridgehead atoms. The van der Waals surface area contributed by atoms with Gasteiger partial charge in [-0.25, -0.2) is 9.97 Å². The number of hydrogen-bond donors (Lipinski definition) is 2. The van der Waals surface area contributed by atoms with E-state index in [2.05, 4.69) is 12.1 Å². The van der Waals surface area contributed by atoms with Gasteiger partial charge in [0.15, 0.2) is 0 Å². The molecule has 4 rings (SSSR count). The fraction of sp³-hybridized carbons (Fsp3) is 0.500. The molecular formula is C20H24N2O2S2. The van der Waals surface area contributed by atoms with E-state index in [-0.39, 0.29) is 13.2 Å². The van der Waals surface area contributed by atoms with Crippen molar-refractivity contribution < 1.29 is 10.2 Å². The minimum absolute atomic E-state index is 0.171. The molecule has 2 aromatic rings. The SMILES string of the molecule is OCCSc1nc(-c2cc3c(c(SCCO)n2)CCC3)cc2c1CCC2. The number of thioether (sulfide) groups is 2. The maximum atomic E-state index is 9.20. The highest BCUT2D eigenvalue weighted by molar-refractivity contribution is 7.99. The second-order valence-corrected chi connectivity index (χ2v) is 8.92. The number of aryl methyl sites for hydroxylation is 2. The van der Waals surface area contributed by atoms with Gasteiger partial charge in [0.05, 0.1) is 24.6 Å². The Balaban J connectivity index is 1.75. The zero-order valence-electron chi connectivity index (χ0n) is 14.8. The fourth-order valence-electron chi connectivity index (χ4n) is 3.88. The van der Waals surface area contributed by atoms with E-state index < -0.39 is 0 Å². The number of pyridine rings is 2. The number of rotatable bonds is 7. The Morgan fingerprint density at radius 3 is 1.62 bits per heavy atom. The molecule has 2 aromatic heterocycles. The number of fused-ring (bicyclic) bond motifs is 2. The van der Waals surface area contributed by atoms with Gasteiger partial charge < -0.3 is 10.2 Å². The van der Waals surface area contributed by atoms with E-state index in [9.17, 15) is 10.2 Å². The molecule has 0 spiro atoms. The van der Waals surface area contributed by atoms with E-state index in [1.165, 1.54) is 35.1 Å². The lowest BCUT2D eigenvalue weighted by Crippen LogP contribution is -2.01. The predicted molar refractivity (Wildman–Crippen MR) is 107 cm³/mol. The van der Waals surface area contributed by atoms with E-state index in [1.54, 1.807) is 23.5 Å². The summed E-state index contributed by atoms with van der Waals surface area (Å²) in [6, 6.07) is 4.44. The fourth-order valence-corrected chi connectivity index (χ4v) is 5.59. The zero-order chi connectivity index (χ0) is 17.9. The molecule has 4 nitrogen and oxygen atoms in total. The van der Waals surface area contributed by atoms with Crippen LogP contribution in [0.2, 0.25) is 0 Å². The molecule has 6 heteroatoms. The summed E-state index contributed by atoms with van der Waals surface area (Å²) in [5.74, 6) is 1.36. The van der Waals surface area contributed by atoms with Crippen molar-refractivity contribution in [3.63, 3.8) is 0 Å². The van der Waals surface area contributed by atoms with Crippen molar-refractivity contribution in [3.05, 3.63) is 34.4 Å². The van der Waals surface area contributed by atoms with Gasteiger partial charge in [-0.1, -0.05) is 0 Å². The van der Waals surface area contributed by atoms with E-state index in [0.29, 0.717) is 11.5 Å². The number of hydrogen-bond acceptors (Lipinski definition) is 6. The lowest BCUT2D eigenvalue weighted by Gasteiger charge is -2.13. The highest BCUT2D eigenvalue weighted by Gasteiger charge is 2.22. The van der Waals surface area contributed by atoms with Gasteiger partial charge in [-0.05, 0) is 72.9 Å². The quantitative estimate of drug-likeness (QED) is 0.710. The first-order chi connectivity index (χ1) is 12.8. The van der Waals surface area contributed by atoms with E-state index in [1.807, 2.05) is 0 Å². The summed E-state index contributed by atoms with van der Waals surface area (Å²) in [4.78, 5) is 9.86. The minimum atomic E-state index is 0.171. The molecule has 0 aromatic carbocycles. The summed E-state index contributed by atoms with van der Waals surface area (Å²) in [5, 5.41) is 20.5. The van der Waals surface area contributed by atoms with Crippen molar-refractivity contribution in [2.24, 2.45) is 0 Å². The molecule has 2 aliphatic rings. The maximum absolute atomic E-state index is 9.20. The van der Waals surface area contributed by atoms with Crippen molar-refractivity contribution in [2.45, 2.75) is 48.6 Å². The number of aliphatic hydroxyl groups is 2. The molecular weight excluding hydrogens is 364 g/mol. The van der Waals surface area contributed by atoms with Gasteiger partial charge in [0.1, 0.15) is 10.1 Å². The molecule has 0 radical (unpaired) electrons. The van der Waals surface area contributed by atoms with Crippen LogP contribution in [-0.2, 0) is 25.7 Å². The van der Waals surface area contributed by atoms with Crippen molar-refractivity contribution in [1.29, 1.82) is 0 Å². The van der Waals surface area contributed by atoms with Gasteiger partial charge in [-0.2, -0.15) is 0 Å². The van der Waals surface area contributed by atoms with Gasteiger partial charge in [-0.15, -0.1) is 23.5 Å². The van der Waals surface area contributed by atoms with Crippen LogP contribution in [0.4, 0.5) is 0 Å². The standard InChI is InChI=1S/C20H24N2O2S2/c23-7-9-25-19-15-5-1-3-13(15)11-17(21-19)18-12-14-4-2-6-16(14)20(22-18)26-10-8-24/h11-12,23-24H,1-10H2. The summed E-state index contributed by atoms with van der Waals surface area (Å²) in [5.41, 5.74) is 7.41. The number of nitrogens with zero attached hydrogens (tertiary/aromatic N) is 2. The lowest BCUT2D eigenvalue weighted by molar-refractivity contribution is 0.322. The summed E-state index contributed by atoms with van der Waals surface area (Å²) >= 11 is 3.30. The largest absolute Gasteiger partial charge is 0.396 e. The highest BCUT2D eigenvalue weighted by atomic mass is 32.2. The van der Waals surface area contributed by atoms with Crippen LogP contribution < -0.4 is 0 Å². The summed E-state index contributed by atoms with van der Waals surface area (Å²) < 4.78 is 0. The molecule has 0 saturated carbocycles. The lowest BCUT2D eigenvalue weighted by atomic mass is 10.1. The Morgan fingerprint density at radius 2 is 1.19 bits per heavy atom. The molecule has 0 aliphatic heterocycles. The maximum Gasteiger partial charge on any atom is 0.100 e. The smallest absolute Gasteiger partial charge is 0.100 e. The molecule has 26 heavy (non-hydrogen) atoms. The molecule has 2 heterocycles. The van der Waals surface area contributed by atoms with Crippen LogP contribution in [0, 0.1) is 0 Å². The Labute approximate surface area is 162 Å². The van der Waals surface area contributed by atoms with Crippen molar-refractivity contribution >= 4 is 23.5 Å². The van der Waals surface area contributed by atoms with Gasteiger partial charge in [-0.3, -0.25) is 0 Å². The van der Waals surface area contributed by atoms with Gasteiger partial charge in [0.2, 0.25) is 0 Å². The monoisotopic (exact) mass is 388 g/mol. The molecule has 0 fully saturated rings. The normalized spacial score (nSPS) is 15.3. The van der Waals surface area contributed by atoms with Crippen LogP contribution in [-0.4, -0.2) is 44.9 Å². The molecule has 2 N–H and O–H groups in total. The molecule has 2 aliphatic carbocycles. The number of aliphatic hydroxyl groups excluding tert-OH is 2. The average molecular weight is 389 g/mol. The van der Waals surface area contributed by atoms with Gasteiger partial charge in [0, 0.05) is 11.5 Å². The van der Waals surface area contributed by atoms with E-state index in [4.69, 9.17) is 9.97 Å². The molecule has 138 valence electrons. The summed E-state index contributed by atoms with van der Waals surface area (Å²) in [7, 11) is 0. The van der Waals surface area contributed by atoms with Crippen LogP contribution in [0.1, 0.15) is 35.1 Å². The van der Waals surface area contributed by atoms with Crippen molar-refractivity contribution in [2.75, 3.05) is 24.7 Å². The van der Waals surface area contributed by atoms with Gasteiger partial charge >= 0.3 is 0 Å². The van der Waals surface area contributed by atoms with Crippen LogP contribution >= 0.6 is 23.5 Å². The Hall–Kier alpha value is -1.08. The van der Waals surface area contributed by atoms with Crippen LogP contribution in [0.25, 0.3) is 11.4 Å². The third-order valence-electron chi connectivity index (χ3n) is 5.03. The Kier molecular flexibility index (Phi) is 5.84. The first-order valence-electron chi connectivity index (χ1n) is 9.33. The molecule has 0 atom stereocenters. The Bertz CT molecular complexity index is 743. The molecule has 0 unspecified atom stereocenters. The zero-order valence-corrected chi connectivity index (χ0v) is 16.5. The Morgan fingerprint density at radius 1 is 0.731 bits per heavy atom. The van der Waals surface area contributed by atoms with E-state index >= 15 is 0 Å². The average Bonchev–Trinajstić information content (AvgIpc) is 3.32. The highest BCUT2D eigenvalue weighted by Crippen LogP contribution is 2.37. The third-order valence-corrected chi connectivity index (χ3v) is 7.02. The topological polar surface area (TPSA) is 66.2 Å². The first-order valence-corrected chi connectivity index (χ1v) is 11.3. The predicted octanol–water partition coefficient (Wildman–Crippen LogP) is 3.29. The first kappa shape index (κ1) is 18.3. The third kappa shape index (κ3) is 3.65. The van der Waals surface area contributed by atoms with E-state index in [0.717, 1.165) is 47.1 Å². The minimum Gasteiger partial charge on any atom is -0.396 e. The van der Waals surface area contributed by atoms with Crippen molar-refractivity contribution in [3.8, 4) is 11.4 Å². The second kappa shape index (κ2) is 8.30.